The van der Waals surface area contributed by atoms with Gasteiger partial charge in [-0.1, -0.05) is 107 Å². The molecule has 4 amide bonds. The zero-order valence-electron chi connectivity index (χ0n) is 28.0. The van der Waals surface area contributed by atoms with Gasteiger partial charge in [-0.2, -0.15) is 0 Å². The van der Waals surface area contributed by atoms with Crippen LogP contribution in [0.4, 0.5) is 4.79 Å². The topological polar surface area (TPSA) is 129 Å². The molecule has 0 aliphatic rings. The molecule has 0 saturated heterocycles. The van der Waals surface area contributed by atoms with E-state index < -0.39 is 40.3 Å². The molecule has 2 rings (SSSR count). The molecular weight excluding hydrogens is 638 g/mol. The Labute approximate surface area is 276 Å². The van der Waals surface area contributed by atoms with Crippen LogP contribution in [0.25, 0.3) is 0 Å². The molecule has 0 aliphatic carbocycles. The normalized spacial score (nSPS) is 14.5. The third-order valence-electron chi connectivity index (χ3n) is 7.70. The molecule has 0 saturated carbocycles. The van der Waals surface area contributed by atoms with Crippen LogP contribution in [-0.4, -0.2) is 61.6 Å². The van der Waals surface area contributed by atoms with Crippen molar-refractivity contribution >= 4 is 39.7 Å². The number of carbonyl (C=O) groups excluding carboxylic acids is 4. The van der Waals surface area contributed by atoms with E-state index in [-0.39, 0.29) is 11.8 Å². The minimum absolute atomic E-state index is 0.260. The molecule has 2 aromatic carbocycles. The summed E-state index contributed by atoms with van der Waals surface area (Å²) in [6, 6.07) is 15.8. The Kier molecular flexibility index (Phi) is 13.6. The summed E-state index contributed by atoms with van der Waals surface area (Å²) in [6.07, 6.45) is 0.0553. The van der Waals surface area contributed by atoms with Gasteiger partial charge in [0.1, 0.15) is 12.1 Å². The number of methoxy groups -OCH3 is 1. The molecule has 10 nitrogen and oxygen atoms in total. The van der Waals surface area contributed by atoms with Gasteiger partial charge in [-0.3, -0.25) is 19.8 Å². The van der Waals surface area contributed by atoms with Crippen LogP contribution in [0.5, 0.6) is 0 Å². The van der Waals surface area contributed by atoms with Crippen molar-refractivity contribution in [3.05, 3.63) is 70.2 Å². The molecule has 0 fully saturated rings. The van der Waals surface area contributed by atoms with Gasteiger partial charge in [0.15, 0.2) is 0 Å². The number of nitrogens with zero attached hydrogens (tertiary/aromatic N) is 1. The van der Waals surface area contributed by atoms with E-state index in [1.165, 1.54) is 7.11 Å². The number of likely N-dealkylation sites (N-methyl/N-ethyl adjacent to an activating group) is 1. The molecule has 3 atom stereocenters. The molecule has 11 heteroatoms. The van der Waals surface area contributed by atoms with E-state index in [0.717, 1.165) is 15.6 Å². The first-order valence-corrected chi connectivity index (χ1v) is 15.9. The van der Waals surface area contributed by atoms with Crippen molar-refractivity contribution in [2.45, 2.75) is 79.9 Å². The number of carbonyl (C=O) groups is 4. The number of rotatable bonds is 13. The Morgan fingerprint density at radius 2 is 1.36 bits per heavy atom. The Morgan fingerprint density at radius 3 is 1.87 bits per heavy atom. The predicted molar refractivity (Wildman–Crippen MR) is 180 cm³/mol. The molecule has 0 aliphatic heterocycles. The van der Waals surface area contributed by atoms with E-state index in [4.69, 9.17) is 4.74 Å². The lowest BCUT2D eigenvalue weighted by molar-refractivity contribution is -0.137. The fraction of sp³-hybridized carbons (Fsp3) is 0.529. The highest BCUT2D eigenvalue weighted by atomic mass is 79.9. The zero-order valence-corrected chi connectivity index (χ0v) is 29.6. The van der Waals surface area contributed by atoms with Crippen LogP contribution < -0.4 is 21.4 Å². The molecule has 0 spiro atoms. The highest BCUT2D eigenvalue weighted by molar-refractivity contribution is 9.10. The van der Waals surface area contributed by atoms with Crippen LogP contribution >= 0.6 is 15.9 Å². The lowest BCUT2D eigenvalue weighted by Crippen LogP contribution is -2.58. The Bertz CT molecular complexity index is 1290. The SMILES string of the molecule is CNC(=O)[C@@H](NC(=O)C(C)(CCN(Cc1ccc(Br)cc1)NC(=O)[C@@H](NC(=O)OC)C(C)(C)C)Cc1ccccc1)C(C)(C)C. The summed E-state index contributed by atoms with van der Waals surface area (Å²) in [7, 11) is 2.80. The number of alkyl carbamates (subject to hydrolysis) is 1. The number of hydrogen-bond donors (Lipinski definition) is 4. The number of benzene rings is 2. The Hall–Kier alpha value is -3.44. The molecule has 45 heavy (non-hydrogen) atoms. The second kappa shape index (κ2) is 16.2. The average Bonchev–Trinajstić information content (AvgIpc) is 2.97. The van der Waals surface area contributed by atoms with Crippen LogP contribution in [0, 0.1) is 16.2 Å². The number of hydrogen-bond acceptors (Lipinski definition) is 6. The molecule has 4 N–H and O–H groups in total. The monoisotopic (exact) mass is 687 g/mol. The highest BCUT2D eigenvalue weighted by Crippen LogP contribution is 2.30. The molecule has 1 unspecified atom stereocenters. The number of nitrogens with one attached hydrogen (secondary N) is 4. The van der Waals surface area contributed by atoms with Gasteiger partial charge in [-0.15, -0.1) is 0 Å². The van der Waals surface area contributed by atoms with E-state index in [1.807, 2.05) is 103 Å². The lowest BCUT2D eigenvalue weighted by atomic mass is 9.78. The predicted octanol–water partition coefficient (Wildman–Crippen LogP) is 4.97. The van der Waals surface area contributed by atoms with E-state index in [9.17, 15) is 19.2 Å². The number of ether oxygens (including phenoxy) is 1. The first-order chi connectivity index (χ1) is 20.9. The summed E-state index contributed by atoms with van der Waals surface area (Å²) < 4.78 is 5.70. The second-order valence-corrected chi connectivity index (χ2v) is 14.7. The second-order valence-electron chi connectivity index (χ2n) is 13.8. The van der Waals surface area contributed by atoms with Crippen molar-refractivity contribution in [1.82, 2.24) is 26.4 Å². The summed E-state index contributed by atoms with van der Waals surface area (Å²) in [5.41, 5.74) is 2.81. The smallest absolute Gasteiger partial charge is 0.407 e. The fourth-order valence-corrected chi connectivity index (χ4v) is 5.16. The van der Waals surface area contributed by atoms with Crippen LogP contribution in [-0.2, 0) is 32.1 Å². The van der Waals surface area contributed by atoms with E-state index >= 15 is 0 Å². The quantitative estimate of drug-likeness (QED) is 0.220. The van der Waals surface area contributed by atoms with Gasteiger partial charge in [-0.25, -0.2) is 9.80 Å². The molecule has 0 aromatic heterocycles. The van der Waals surface area contributed by atoms with Crippen molar-refractivity contribution < 1.29 is 23.9 Å². The maximum atomic E-state index is 14.1. The summed E-state index contributed by atoms with van der Waals surface area (Å²) in [4.78, 5) is 52.7. The van der Waals surface area contributed by atoms with Gasteiger partial charge in [0.05, 0.1) is 12.5 Å². The van der Waals surface area contributed by atoms with Crippen LogP contribution in [0.3, 0.4) is 0 Å². The minimum atomic E-state index is -0.949. The average molecular weight is 689 g/mol. The number of halogens is 1. The largest absolute Gasteiger partial charge is 0.453 e. The third kappa shape index (κ3) is 11.8. The van der Waals surface area contributed by atoms with Crippen LogP contribution in [0.15, 0.2) is 59.1 Å². The highest BCUT2D eigenvalue weighted by Gasteiger charge is 2.40. The summed E-state index contributed by atoms with van der Waals surface area (Å²) in [5, 5.41) is 10.1. The van der Waals surface area contributed by atoms with Gasteiger partial charge in [-0.05, 0) is 46.9 Å². The molecule has 248 valence electrons. The van der Waals surface area contributed by atoms with Crippen molar-refractivity contribution in [2.24, 2.45) is 16.2 Å². The number of hydrazine groups is 1. The molecular formula is C34H50BrN5O5. The van der Waals surface area contributed by atoms with E-state index in [1.54, 1.807) is 12.1 Å². The van der Waals surface area contributed by atoms with Gasteiger partial charge in [0.2, 0.25) is 11.8 Å². The Morgan fingerprint density at radius 1 is 0.800 bits per heavy atom. The van der Waals surface area contributed by atoms with E-state index in [0.29, 0.717) is 25.9 Å². The van der Waals surface area contributed by atoms with Crippen LogP contribution in [0.2, 0.25) is 0 Å². The van der Waals surface area contributed by atoms with Gasteiger partial charge < -0.3 is 20.7 Å². The first kappa shape index (κ1) is 37.7. The first-order valence-electron chi connectivity index (χ1n) is 15.1. The van der Waals surface area contributed by atoms with Crippen molar-refractivity contribution in [2.75, 3.05) is 20.7 Å². The van der Waals surface area contributed by atoms with Crippen molar-refractivity contribution in [3.8, 4) is 0 Å². The lowest BCUT2D eigenvalue weighted by Gasteiger charge is -2.37. The Balaban J connectivity index is 2.45. The maximum Gasteiger partial charge on any atom is 0.407 e. The molecule has 0 radical (unpaired) electrons. The maximum absolute atomic E-state index is 14.1. The van der Waals surface area contributed by atoms with Gasteiger partial charge in [0.25, 0.3) is 5.91 Å². The molecule has 0 heterocycles. The van der Waals surface area contributed by atoms with Gasteiger partial charge >= 0.3 is 6.09 Å². The standard InChI is InChI=1S/C34H50BrN5O5/c1-32(2,3)26(28(41)36-8)37-30(43)34(7,21-23-13-11-10-12-14-23)19-20-40(22-24-15-17-25(35)18-16-24)39-29(42)27(33(4,5)6)38-31(44)45-9/h10-18,26-27H,19-22H2,1-9H3,(H,36,41)(H,37,43)(H,38,44)(H,39,42)/t26-,27-,34?/m1/s1. The summed E-state index contributed by atoms with van der Waals surface area (Å²) in [5.74, 6) is -0.940. The summed E-state index contributed by atoms with van der Waals surface area (Å²) in [6.45, 7) is 13.8. The van der Waals surface area contributed by atoms with Crippen LogP contribution in [0.1, 0.15) is 66.0 Å². The van der Waals surface area contributed by atoms with Crippen molar-refractivity contribution in [1.29, 1.82) is 0 Å². The zero-order chi connectivity index (χ0) is 34.0. The molecule has 2 aromatic rings. The summed E-state index contributed by atoms with van der Waals surface area (Å²) >= 11 is 3.47. The number of amides is 4. The minimum Gasteiger partial charge on any atom is -0.453 e. The fourth-order valence-electron chi connectivity index (χ4n) is 4.89. The third-order valence-corrected chi connectivity index (χ3v) is 8.23. The van der Waals surface area contributed by atoms with Gasteiger partial charge in [0, 0.05) is 24.6 Å². The molecule has 0 bridgehead atoms. The van der Waals surface area contributed by atoms with Crippen molar-refractivity contribution in [3.63, 3.8) is 0 Å². The van der Waals surface area contributed by atoms with E-state index in [2.05, 4.69) is 37.3 Å².